The predicted octanol–water partition coefficient (Wildman–Crippen LogP) is -0.843. The molecule has 4 heteroatoms. The van der Waals surface area contributed by atoms with E-state index in [0.29, 0.717) is 6.41 Å². The van der Waals surface area contributed by atoms with Crippen LogP contribution in [-0.4, -0.2) is 41.8 Å². The lowest BCUT2D eigenvalue weighted by Gasteiger charge is -2.03. The van der Waals surface area contributed by atoms with E-state index in [2.05, 4.69) is 0 Å². The van der Waals surface area contributed by atoms with Gasteiger partial charge in [0.05, 0.1) is 6.54 Å². The van der Waals surface area contributed by atoms with Crippen LogP contribution in [0.5, 0.6) is 0 Å². The monoisotopic (exact) mass is 133 g/mol. The highest BCUT2D eigenvalue weighted by atomic mass is 19.1. The molecule has 1 heterocycles. The van der Waals surface area contributed by atoms with Crippen molar-refractivity contribution in [1.82, 2.24) is 4.90 Å². The zero-order valence-corrected chi connectivity index (χ0v) is 4.83. The lowest BCUT2D eigenvalue weighted by Crippen LogP contribution is -2.19. The predicted molar refractivity (Wildman–Crippen MR) is 28.5 cm³/mol. The number of hydrogen-bond donors (Lipinski definition) is 1. The molecule has 0 aromatic heterocycles. The zero-order chi connectivity index (χ0) is 6.85. The van der Waals surface area contributed by atoms with Gasteiger partial charge < -0.3 is 10.0 Å². The summed E-state index contributed by atoms with van der Waals surface area (Å²) in [6, 6.07) is 0. The summed E-state index contributed by atoms with van der Waals surface area (Å²) in [6.07, 6.45) is -1.69. The number of likely N-dealkylation sites (tertiary alicyclic amines) is 1. The largest absolute Gasteiger partial charge is 0.388 e. The Labute approximate surface area is 52.1 Å². The molecule has 1 amide bonds. The number of aliphatic hydroxyl groups excluding tert-OH is 1. The second kappa shape index (κ2) is 2.31. The summed E-state index contributed by atoms with van der Waals surface area (Å²) in [5, 5.41) is 8.72. The average molecular weight is 133 g/mol. The maximum atomic E-state index is 12.3. The van der Waals surface area contributed by atoms with Gasteiger partial charge >= 0.3 is 0 Å². The summed E-state index contributed by atoms with van der Waals surface area (Å²) in [4.78, 5) is 11.2. The van der Waals surface area contributed by atoms with E-state index in [4.69, 9.17) is 5.11 Å². The van der Waals surface area contributed by atoms with Gasteiger partial charge in [0.2, 0.25) is 6.41 Å². The average Bonchev–Trinajstić information content (AvgIpc) is 2.13. The van der Waals surface area contributed by atoms with E-state index in [9.17, 15) is 9.18 Å². The van der Waals surface area contributed by atoms with Crippen LogP contribution in [0.25, 0.3) is 0 Å². The van der Waals surface area contributed by atoms with Gasteiger partial charge in [-0.25, -0.2) is 4.39 Å². The molecule has 52 valence electrons. The van der Waals surface area contributed by atoms with E-state index < -0.39 is 12.3 Å². The molecule has 0 bridgehead atoms. The molecule has 1 saturated heterocycles. The topological polar surface area (TPSA) is 40.5 Å². The Bertz CT molecular complexity index is 110. The molecular weight excluding hydrogens is 125 g/mol. The highest BCUT2D eigenvalue weighted by molar-refractivity contribution is 5.48. The summed E-state index contributed by atoms with van der Waals surface area (Å²) in [5.74, 6) is 0. The summed E-state index contributed by atoms with van der Waals surface area (Å²) in [6.45, 7) is 0.162. The Morgan fingerprint density at radius 2 is 2.33 bits per heavy atom. The second-order valence-electron chi connectivity index (χ2n) is 2.14. The quantitative estimate of drug-likeness (QED) is 0.474. The molecule has 1 fully saturated rings. The van der Waals surface area contributed by atoms with Crippen molar-refractivity contribution in [3.8, 4) is 0 Å². The highest BCUT2D eigenvalue weighted by Gasteiger charge is 2.29. The maximum Gasteiger partial charge on any atom is 0.209 e. The first-order chi connectivity index (χ1) is 4.24. The van der Waals surface area contributed by atoms with Crippen LogP contribution in [0.3, 0.4) is 0 Å². The van der Waals surface area contributed by atoms with E-state index in [1.807, 2.05) is 0 Å². The molecule has 0 aliphatic carbocycles. The third-order valence-corrected chi connectivity index (χ3v) is 1.40. The van der Waals surface area contributed by atoms with Gasteiger partial charge in [-0.2, -0.15) is 0 Å². The Morgan fingerprint density at radius 1 is 1.67 bits per heavy atom. The number of carbonyl (C=O) groups excluding carboxylic acids is 1. The second-order valence-corrected chi connectivity index (χ2v) is 2.14. The summed E-state index contributed by atoms with van der Waals surface area (Å²) in [7, 11) is 0. The molecule has 0 radical (unpaired) electrons. The Balaban J connectivity index is 2.43. The lowest BCUT2D eigenvalue weighted by molar-refractivity contribution is -0.117. The molecule has 0 aromatic rings. The fourth-order valence-electron chi connectivity index (χ4n) is 0.861. The van der Waals surface area contributed by atoms with Gasteiger partial charge in [-0.1, -0.05) is 0 Å². The lowest BCUT2D eigenvalue weighted by atomic mass is 10.3. The smallest absolute Gasteiger partial charge is 0.209 e. The first-order valence-electron chi connectivity index (χ1n) is 2.75. The number of aliphatic hydroxyl groups is 1. The number of alkyl halides is 1. The number of hydrogen-bond acceptors (Lipinski definition) is 2. The summed E-state index contributed by atoms with van der Waals surface area (Å²) < 4.78 is 12.3. The Kier molecular flexibility index (Phi) is 1.66. The van der Waals surface area contributed by atoms with E-state index in [1.165, 1.54) is 4.90 Å². The SMILES string of the molecule is O=CN1CC(O)C(F)C1. The van der Waals surface area contributed by atoms with Crippen molar-refractivity contribution >= 4 is 6.41 Å². The van der Waals surface area contributed by atoms with Gasteiger partial charge in [0.25, 0.3) is 0 Å². The number of amides is 1. The van der Waals surface area contributed by atoms with Crippen LogP contribution in [0, 0.1) is 0 Å². The van der Waals surface area contributed by atoms with Crippen molar-refractivity contribution in [2.45, 2.75) is 12.3 Å². The number of halogens is 1. The summed E-state index contributed by atoms with van der Waals surface area (Å²) in [5.41, 5.74) is 0. The first kappa shape index (κ1) is 6.48. The van der Waals surface area contributed by atoms with E-state index in [1.54, 1.807) is 0 Å². The number of β-amino-alcohol motifs (C(OH)–C–C–N with tert-alkyl or cyclic N) is 1. The molecule has 2 unspecified atom stereocenters. The van der Waals surface area contributed by atoms with Crippen LogP contribution in [0.2, 0.25) is 0 Å². The first-order valence-corrected chi connectivity index (χ1v) is 2.75. The maximum absolute atomic E-state index is 12.3. The molecule has 1 N–H and O–H groups in total. The van der Waals surface area contributed by atoms with Gasteiger partial charge in [-0.3, -0.25) is 4.79 Å². The molecule has 2 atom stereocenters. The third kappa shape index (κ3) is 1.18. The van der Waals surface area contributed by atoms with Crippen LogP contribution < -0.4 is 0 Å². The van der Waals surface area contributed by atoms with E-state index in [-0.39, 0.29) is 13.1 Å². The standard InChI is InChI=1S/C5H8FNO2/c6-4-1-7(3-8)2-5(4)9/h3-5,9H,1-2H2. The van der Waals surface area contributed by atoms with Crippen molar-refractivity contribution in [2.24, 2.45) is 0 Å². The van der Waals surface area contributed by atoms with Crippen LogP contribution in [0.4, 0.5) is 4.39 Å². The Hall–Kier alpha value is -0.640. The van der Waals surface area contributed by atoms with Crippen molar-refractivity contribution in [1.29, 1.82) is 0 Å². The third-order valence-electron chi connectivity index (χ3n) is 1.40. The van der Waals surface area contributed by atoms with Gasteiger partial charge in [-0.05, 0) is 0 Å². The van der Waals surface area contributed by atoms with Gasteiger partial charge in [0.15, 0.2) is 0 Å². The number of rotatable bonds is 1. The normalized spacial score (nSPS) is 35.1. The highest BCUT2D eigenvalue weighted by Crippen LogP contribution is 2.10. The molecule has 9 heavy (non-hydrogen) atoms. The summed E-state index contributed by atoms with van der Waals surface area (Å²) >= 11 is 0. The minimum absolute atomic E-state index is 0.0324. The van der Waals surface area contributed by atoms with Crippen molar-refractivity contribution < 1.29 is 14.3 Å². The minimum atomic E-state index is -1.25. The Morgan fingerprint density at radius 3 is 2.56 bits per heavy atom. The number of carbonyl (C=O) groups is 1. The van der Waals surface area contributed by atoms with Crippen LogP contribution in [0.1, 0.15) is 0 Å². The van der Waals surface area contributed by atoms with Crippen molar-refractivity contribution in [3.05, 3.63) is 0 Å². The minimum Gasteiger partial charge on any atom is -0.388 e. The fraction of sp³-hybridized carbons (Fsp3) is 0.800. The van der Waals surface area contributed by atoms with Gasteiger partial charge in [0, 0.05) is 6.54 Å². The molecule has 0 saturated carbocycles. The van der Waals surface area contributed by atoms with Crippen LogP contribution >= 0.6 is 0 Å². The molecular formula is C5H8FNO2. The molecule has 0 aromatic carbocycles. The van der Waals surface area contributed by atoms with Crippen LogP contribution in [-0.2, 0) is 4.79 Å². The van der Waals surface area contributed by atoms with E-state index >= 15 is 0 Å². The van der Waals surface area contributed by atoms with Crippen LogP contribution in [0.15, 0.2) is 0 Å². The van der Waals surface area contributed by atoms with Gasteiger partial charge in [-0.15, -0.1) is 0 Å². The molecule has 1 rings (SSSR count). The fourth-order valence-corrected chi connectivity index (χ4v) is 0.861. The van der Waals surface area contributed by atoms with Crippen molar-refractivity contribution in [3.63, 3.8) is 0 Å². The zero-order valence-electron chi connectivity index (χ0n) is 4.83. The molecule has 1 aliphatic heterocycles. The van der Waals surface area contributed by atoms with Crippen molar-refractivity contribution in [2.75, 3.05) is 13.1 Å². The molecule has 0 spiro atoms. The van der Waals surface area contributed by atoms with Gasteiger partial charge in [0.1, 0.15) is 12.3 Å². The molecule has 3 nitrogen and oxygen atoms in total. The molecule has 1 aliphatic rings. The number of nitrogens with zero attached hydrogens (tertiary/aromatic N) is 1. The van der Waals surface area contributed by atoms with E-state index in [0.717, 1.165) is 0 Å².